The van der Waals surface area contributed by atoms with Gasteiger partial charge in [0.15, 0.2) is 0 Å². The van der Waals surface area contributed by atoms with E-state index in [2.05, 4.69) is 18.8 Å². The van der Waals surface area contributed by atoms with Crippen LogP contribution in [0, 0.1) is 0 Å². The monoisotopic (exact) mass is 202 g/mol. The Hall–Kier alpha value is -1.77. The van der Waals surface area contributed by atoms with Gasteiger partial charge in [-0.05, 0) is 24.1 Å². The van der Waals surface area contributed by atoms with Crippen LogP contribution >= 0.6 is 0 Å². The number of hydrogen-bond acceptors (Lipinski definition) is 3. The topological polar surface area (TPSA) is 52.0 Å². The highest BCUT2D eigenvalue weighted by Crippen LogP contribution is 2.23. The van der Waals surface area contributed by atoms with Gasteiger partial charge in [-0.3, -0.25) is 0 Å². The third-order valence-electron chi connectivity index (χ3n) is 2.25. The Balaban J connectivity index is 2.37. The lowest BCUT2D eigenvalue weighted by Gasteiger charge is -1.97. The number of rotatable bonds is 2. The van der Waals surface area contributed by atoms with Crippen molar-refractivity contribution in [3.63, 3.8) is 0 Å². The molecule has 3 nitrogen and oxygen atoms in total. The van der Waals surface area contributed by atoms with Crippen molar-refractivity contribution in [2.45, 2.75) is 19.8 Å². The van der Waals surface area contributed by atoms with E-state index >= 15 is 0 Å². The second-order valence-corrected chi connectivity index (χ2v) is 3.86. The van der Waals surface area contributed by atoms with E-state index in [1.54, 1.807) is 6.26 Å². The maximum atomic E-state index is 5.69. The van der Waals surface area contributed by atoms with E-state index in [0.717, 1.165) is 16.9 Å². The number of oxazole rings is 1. The van der Waals surface area contributed by atoms with E-state index in [0.29, 0.717) is 11.8 Å². The van der Waals surface area contributed by atoms with Crippen molar-refractivity contribution in [2.75, 3.05) is 5.73 Å². The summed E-state index contributed by atoms with van der Waals surface area (Å²) in [7, 11) is 0. The maximum absolute atomic E-state index is 5.69. The predicted molar refractivity (Wildman–Crippen MR) is 60.4 cm³/mol. The second-order valence-electron chi connectivity index (χ2n) is 3.86. The molecular weight excluding hydrogens is 188 g/mol. The van der Waals surface area contributed by atoms with Crippen LogP contribution in [0.15, 0.2) is 34.9 Å². The Labute approximate surface area is 88.9 Å². The molecule has 0 aliphatic carbocycles. The summed E-state index contributed by atoms with van der Waals surface area (Å²) in [5, 5.41) is 0. The van der Waals surface area contributed by atoms with Crippen molar-refractivity contribution in [3.8, 4) is 11.5 Å². The number of hydrogen-bond donors (Lipinski definition) is 1. The van der Waals surface area contributed by atoms with Gasteiger partial charge >= 0.3 is 0 Å². The molecule has 0 fully saturated rings. The van der Waals surface area contributed by atoms with Gasteiger partial charge < -0.3 is 10.2 Å². The van der Waals surface area contributed by atoms with Crippen LogP contribution in [0.4, 0.5) is 5.69 Å². The van der Waals surface area contributed by atoms with Gasteiger partial charge in [0.05, 0.1) is 5.69 Å². The minimum absolute atomic E-state index is 0.378. The summed E-state index contributed by atoms with van der Waals surface area (Å²) in [6, 6.07) is 7.53. The highest BCUT2D eigenvalue weighted by Gasteiger charge is 2.08. The molecule has 0 spiro atoms. The zero-order valence-corrected chi connectivity index (χ0v) is 8.90. The van der Waals surface area contributed by atoms with Crippen molar-refractivity contribution in [1.29, 1.82) is 0 Å². The molecule has 3 heteroatoms. The second kappa shape index (κ2) is 3.77. The molecule has 2 N–H and O–H groups in total. The van der Waals surface area contributed by atoms with Crippen LogP contribution in [0.2, 0.25) is 0 Å². The van der Waals surface area contributed by atoms with Crippen LogP contribution in [-0.2, 0) is 0 Å². The van der Waals surface area contributed by atoms with E-state index in [1.165, 1.54) is 0 Å². The molecule has 78 valence electrons. The minimum Gasteiger partial charge on any atom is -0.444 e. The molecule has 2 aromatic rings. The molecule has 1 aromatic carbocycles. The van der Waals surface area contributed by atoms with Crippen LogP contribution in [0.1, 0.15) is 25.5 Å². The third kappa shape index (κ3) is 2.01. The molecule has 0 radical (unpaired) electrons. The maximum Gasteiger partial charge on any atom is 0.226 e. The Morgan fingerprint density at radius 1 is 1.33 bits per heavy atom. The molecule has 2 rings (SSSR count). The molecular formula is C12H14N2O. The van der Waals surface area contributed by atoms with Gasteiger partial charge in [0.1, 0.15) is 6.26 Å². The Kier molecular flexibility index (Phi) is 2.46. The van der Waals surface area contributed by atoms with Gasteiger partial charge in [-0.2, -0.15) is 0 Å². The first kappa shape index (κ1) is 9.77. The molecule has 0 unspecified atom stereocenters. The van der Waals surface area contributed by atoms with Gasteiger partial charge in [0.25, 0.3) is 0 Å². The molecule has 0 aliphatic heterocycles. The molecule has 1 aromatic heterocycles. The van der Waals surface area contributed by atoms with Crippen molar-refractivity contribution in [1.82, 2.24) is 4.98 Å². The van der Waals surface area contributed by atoms with E-state index in [9.17, 15) is 0 Å². The first-order valence-electron chi connectivity index (χ1n) is 4.98. The molecule has 0 aliphatic rings. The van der Waals surface area contributed by atoms with Crippen LogP contribution in [-0.4, -0.2) is 4.98 Å². The lowest BCUT2D eigenvalue weighted by molar-refractivity contribution is 0.571. The normalized spacial score (nSPS) is 10.9. The molecule has 15 heavy (non-hydrogen) atoms. The predicted octanol–water partition coefficient (Wildman–Crippen LogP) is 3.05. The number of benzene rings is 1. The van der Waals surface area contributed by atoms with Gasteiger partial charge in [-0.25, -0.2) is 4.98 Å². The lowest BCUT2D eigenvalue weighted by Crippen LogP contribution is -1.88. The SMILES string of the molecule is CC(C)c1coc(-c2cccc(N)c2)n1. The quantitative estimate of drug-likeness (QED) is 0.761. The standard InChI is InChI=1S/C12H14N2O/c1-8(2)11-7-15-12(14-11)9-4-3-5-10(13)6-9/h3-8H,13H2,1-2H3. The third-order valence-corrected chi connectivity index (χ3v) is 2.25. The first-order chi connectivity index (χ1) is 7.16. The van der Waals surface area contributed by atoms with Crippen LogP contribution < -0.4 is 5.73 Å². The van der Waals surface area contributed by atoms with Gasteiger partial charge in [-0.15, -0.1) is 0 Å². The summed E-state index contributed by atoms with van der Waals surface area (Å²) >= 11 is 0. The Morgan fingerprint density at radius 3 is 2.73 bits per heavy atom. The summed E-state index contributed by atoms with van der Waals surface area (Å²) in [5.74, 6) is 1.01. The Morgan fingerprint density at radius 2 is 2.13 bits per heavy atom. The van der Waals surface area contributed by atoms with Crippen LogP contribution in [0.5, 0.6) is 0 Å². The van der Waals surface area contributed by atoms with E-state index in [-0.39, 0.29) is 0 Å². The van der Waals surface area contributed by atoms with Crippen molar-refractivity contribution >= 4 is 5.69 Å². The first-order valence-corrected chi connectivity index (χ1v) is 4.98. The molecule has 0 saturated heterocycles. The average Bonchev–Trinajstić information content (AvgIpc) is 2.66. The number of nitrogen functional groups attached to an aromatic ring is 1. The van der Waals surface area contributed by atoms with Gasteiger partial charge in [0.2, 0.25) is 5.89 Å². The van der Waals surface area contributed by atoms with Crippen molar-refractivity contribution in [2.24, 2.45) is 0 Å². The fourth-order valence-corrected chi connectivity index (χ4v) is 1.36. The molecule has 1 heterocycles. The summed E-state index contributed by atoms with van der Waals surface area (Å²) in [6.45, 7) is 4.17. The fraction of sp³-hybridized carbons (Fsp3) is 0.250. The Bertz CT molecular complexity index is 460. The summed E-state index contributed by atoms with van der Waals surface area (Å²) < 4.78 is 5.40. The average molecular weight is 202 g/mol. The zero-order chi connectivity index (χ0) is 10.8. The zero-order valence-electron chi connectivity index (χ0n) is 8.90. The van der Waals surface area contributed by atoms with Gasteiger partial charge in [-0.1, -0.05) is 19.9 Å². The highest BCUT2D eigenvalue weighted by molar-refractivity contribution is 5.59. The molecule has 0 bridgehead atoms. The smallest absolute Gasteiger partial charge is 0.226 e. The minimum atomic E-state index is 0.378. The lowest BCUT2D eigenvalue weighted by atomic mass is 10.1. The van der Waals surface area contributed by atoms with E-state index in [4.69, 9.17) is 10.2 Å². The molecule has 0 atom stereocenters. The van der Waals surface area contributed by atoms with Crippen LogP contribution in [0.25, 0.3) is 11.5 Å². The number of nitrogens with two attached hydrogens (primary N) is 1. The van der Waals surface area contributed by atoms with E-state index in [1.807, 2.05) is 24.3 Å². The largest absolute Gasteiger partial charge is 0.444 e. The molecule has 0 saturated carbocycles. The molecule has 0 amide bonds. The summed E-state index contributed by atoms with van der Waals surface area (Å²) in [5.41, 5.74) is 8.30. The number of aromatic nitrogens is 1. The summed E-state index contributed by atoms with van der Waals surface area (Å²) in [6.07, 6.45) is 1.70. The highest BCUT2D eigenvalue weighted by atomic mass is 16.3. The van der Waals surface area contributed by atoms with E-state index < -0.39 is 0 Å². The van der Waals surface area contributed by atoms with Crippen molar-refractivity contribution in [3.05, 3.63) is 36.2 Å². The number of anilines is 1. The van der Waals surface area contributed by atoms with Crippen molar-refractivity contribution < 1.29 is 4.42 Å². The fourth-order valence-electron chi connectivity index (χ4n) is 1.36. The number of nitrogens with zero attached hydrogens (tertiary/aromatic N) is 1. The van der Waals surface area contributed by atoms with Gasteiger partial charge in [0, 0.05) is 11.3 Å². The summed E-state index contributed by atoms with van der Waals surface area (Å²) in [4.78, 5) is 4.40. The van der Waals surface area contributed by atoms with Crippen LogP contribution in [0.3, 0.4) is 0 Å².